The van der Waals surface area contributed by atoms with Crippen LogP contribution in [0.4, 0.5) is 5.69 Å². The predicted octanol–water partition coefficient (Wildman–Crippen LogP) is 2.94. The molecule has 1 aromatic rings. The average Bonchev–Trinajstić information content (AvgIpc) is 2.16. The smallest absolute Gasteiger partial charge is 0.0872 e. The second-order valence-corrected chi connectivity index (χ2v) is 4.74. The van der Waals surface area contributed by atoms with E-state index in [1.807, 2.05) is 0 Å². The second-order valence-electron chi connectivity index (χ2n) is 4.74. The average molecular weight is 188 g/mol. The maximum atomic E-state index is 4.17. The number of benzene rings is 1. The van der Waals surface area contributed by atoms with Crippen molar-refractivity contribution >= 4 is 12.0 Å². The van der Waals surface area contributed by atoms with Crippen molar-refractivity contribution < 1.29 is 0 Å². The summed E-state index contributed by atoms with van der Waals surface area (Å²) in [6.07, 6.45) is 1.77. The Morgan fingerprint density at radius 3 is 2.79 bits per heavy atom. The van der Waals surface area contributed by atoms with Gasteiger partial charge in [0.2, 0.25) is 0 Å². The van der Waals surface area contributed by atoms with E-state index in [0.29, 0.717) is 0 Å². The minimum atomic E-state index is 0.214. The topological polar surface area (TPSA) is 24.4 Å². The van der Waals surface area contributed by atoms with Crippen LogP contribution in [0.15, 0.2) is 23.2 Å². The Bertz CT molecular complexity index is 372. The molecule has 0 unspecified atom stereocenters. The fourth-order valence-corrected chi connectivity index (χ4v) is 1.57. The zero-order valence-electron chi connectivity index (χ0n) is 8.96. The van der Waals surface area contributed by atoms with Crippen molar-refractivity contribution in [3.8, 4) is 0 Å². The molecule has 2 heteroatoms. The van der Waals surface area contributed by atoms with Crippen LogP contribution in [0.5, 0.6) is 0 Å². The van der Waals surface area contributed by atoms with Crippen molar-refractivity contribution in [2.75, 3.05) is 5.32 Å². The Morgan fingerprint density at radius 2 is 2.07 bits per heavy atom. The van der Waals surface area contributed by atoms with E-state index in [2.05, 4.69) is 49.3 Å². The molecule has 0 saturated heterocycles. The normalized spacial score (nSPS) is 14.8. The molecular formula is C12H16N2. The lowest BCUT2D eigenvalue weighted by Gasteiger charge is -2.22. The van der Waals surface area contributed by atoms with Crippen molar-refractivity contribution in [2.45, 2.75) is 32.7 Å². The SMILES string of the molecule is CC(C)(C)c1ccc2c(c1)NC=NC2. The summed E-state index contributed by atoms with van der Waals surface area (Å²) in [7, 11) is 0. The number of anilines is 1. The minimum Gasteiger partial charge on any atom is -0.346 e. The molecule has 1 aliphatic rings. The van der Waals surface area contributed by atoms with Gasteiger partial charge in [0.1, 0.15) is 0 Å². The molecule has 0 saturated carbocycles. The summed E-state index contributed by atoms with van der Waals surface area (Å²) in [6.45, 7) is 7.48. The van der Waals surface area contributed by atoms with E-state index in [-0.39, 0.29) is 5.41 Å². The minimum absolute atomic E-state index is 0.214. The number of aliphatic imine (C=N–C) groups is 1. The first kappa shape index (κ1) is 9.25. The van der Waals surface area contributed by atoms with Crippen molar-refractivity contribution in [3.05, 3.63) is 29.3 Å². The lowest BCUT2D eigenvalue weighted by Crippen LogP contribution is -2.13. The van der Waals surface area contributed by atoms with E-state index in [0.717, 1.165) is 6.54 Å². The molecule has 1 aromatic carbocycles. The first-order valence-electron chi connectivity index (χ1n) is 4.95. The molecule has 0 aromatic heterocycles. The maximum Gasteiger partial charge on any atom is 0.0872 e. The predicted molar refractivity (Wildman–Crippen MR) is 61.0 cm³/mol. The van der Waals surface area contributed by atoms with Gasteiger partial charge in [0.25, 0.3) is 0 Å². The molecule has 1 aliphatic heterocycles. The maximum absolute atomic E-state index is 4.17. The van der Waals surface area contributed by atoms with E-state index < -0.39 is 0 Å². The van der Waals surface area contributed by atoms with Gasteiger partial charge in [0.15, 0.2) is 0 Å². The van der Waals surface area contributed by atoms with Crippen LogP contribution in [-0.2, 0) is 12.0 Å². The largest absolute Gasteiger partial charge is 0.346 e. The Balaban J connectivity index is 2.41. The van der Waals surface area contributed by atoms with Crippen LogP contribution in [0.25, 0.3) is 0 Å². The van der Waals surface area contributed by atoms with Crippen LogP contribution in [0.3, 0.4) is 0 Å². The first-order valence-corrected chi connectivity index (χ1v) is 4.95. The fraction of sp³-hybridized carbons (Fsp3) is 0.417. The number of hydrogen-bond acceptors (Lipinski definition) is 2. The first-order chi connectivity index (χ1) is 6.57. The summed E-state index contributed by atoms with van der Waals surface area (Å²) < 4.78 is 0. The highest BCUT2D eigenvalue weighted by atomic mass is 15.0. The third kappa shape index (κ3) is 1.65. The highest BCUT2D eigenvalue weighted by Crippen LogP contribution is 2.28. The molecule has 14 heavy (non-hydrogen) atoms. The molecule has 1 heterocycles. The number of nitrogens with one attached hydrogen (secondary N) is 1. The fourth-order valence-electron chi connectivity index (χ4n) is 1.57. The Hall–Kier alpha value is -1.31. The molecule has 0 radical (unpaired) electrons. The van der Waals surface area contributed by atoms with Gasteiger partial charge < -0.3 is 5.32 Å². The summed E-state index contributed by atoms with van der Waals surface area (Å²) in [6, 6.07) is 6.58. The van der Waals surface area contributed by atoms with E-state index >= 15 is 0 Å². The zero-order valence-corrected chi connectivity index (χ0v) is 8.96. The molecular weight excluding hydrogens is 172 g/mol. The zero-order chi connectivity index (χ0) is 10.2. The van der Waals surface area contributed by atoms with E-state index in [1.165, 1.54) is 16.8 Å². The van der Waals surface area contributed by atoms with Crippen LogP contribution in [0, 0.1) is 0 Å². The molecule has 0 aliphatic carbocycles. The second kappa shape index (κ2) is 3.12. The monoisotopic (exact) mass is 188 g/mol. The summed E-state index contributed by atoms with van der Waals surface area (Å²) in [4.78, 5) is 4.17. The standard InChI is InChI=1S/C12H16N2/c1-12(2,3)10-5-4-9-7-13-8-14-11(9)6-10/h4-6,8H,7H2,1-3H3,(H,13,14). The van der Waals surface area contributed by atoms with Crippen molar-refractivity contribution in [3.63, 3.8) is 0 Å². The lowest BCUT2D eigenvalue weighted by molar-refractivity contribution is 0.590. The van der Waals surface area contributed by atoms with Crippen LogP contribution in [0.1, 0.15) is 31.9 Å². The molecule has 1 N–H and O–H groups in total. The quantitative estimate of drug-likeness (QED) is 0.665. The molecule has 0 atom stereocenters. The van der Waals surface area contributed by atoms with E-state index in [1.54, 1.807) is 6.34 Å². The third-order valence-electron chi connectivity index (χ3n) is 2.55. The summed E-state index contributed by atoms with van der Waals surface area (Å²) in [5.74, 6) is 0. The molecule has 74 valence electrons. The number of hydrogen-bond donors (Lipinski definition) is 1. The Labute approximate surface area is 85.1 Å². The van der Waals surface area contributed by atoms with Crippen LogP contribution < -0.4 is 5.32 Å². The Kier molecular flexibility index (Phi) is 2.06. The molecule has 0 fully saturated rings. The molecule has 0 amide bonds. The third-order valence-corrected chi connectivity index (χ3v) is 2.55. The van der Waals surface area contributed by atoms with Crippen LogP contribution >= 0.6 is 0 Å². The van der Waals surface area contributed by atoms with Crippen molar-refractivity contribution in [1.29, 1.82) is 0 Å². The van der Waals surface area contributed by atoms with Crippen LogP contribution in [-0.4, -0.2) is 6.34 Å². The van der Waals surface area contributed by atoms with Gasteiger partial charge >= 0.3 is 0 Å². The van der Waals surface area contributed by atoms with Gasteiger partial charge in [-0.1, -0.05) is 32.9 Å². The number of rotatable bonds is 0. The molecule has 0 spiro atoms. The van der Waals surface area contributed by atoms with Crippen molar-refractivity contribution in [1.82, 2.24) is 0 Å². The van der Waals surface area contributed by atoms with Gasteiger partial charge in [0.05, 0.1) is 12.9 Å². The van der Waals surface area contributed by atoms with Gasteiger partial charge in [0, 0.05) is 5.69 Å². The van der Waals surface area contributed by atoms with E-state index in [4.69, 9.17) is 0 Å². The van der Waals surface area contributed by atoms with Gasteiger partial charge in [-0.15, -0.1) is 0 Å². The molecule has 2 rings (SSSR count). The van der Waals surface area contributed by atoms with Gasteiger partial charge in [-0.3, -0.25) is 4.99 Å². The lowest BCUT2D eigenvalue weighted by atomic mass is 9.86. The summed E-state index contributed by atoms with van der Waals surface area (Å²) in [5.41, 5.74) is 4.05. The van der Waals surface area contributed by atoms with Gasteiger partial charge in [-0.2, -0.15) is 0 Å². The van der Waals surface area contributed by atoms with Crippen molar-refractivity contribution in [2.24, 2.45) is 4.99 Å². The van der Waals surface area contributed by atoms with Gasteiger partial charge in [-0.25, -0.2) is 0 Å². The summed E-state index contributed by atoms with van der Waals surface area (Å²) >= 11 is 0. The Morgan fingerprint density at radius 1 is 1.29 bits per heavy atom. The van der Waals surface area contributed by atoms with Crippen LogP contribution in [0.2, 0.25) is 0 Å². The van der Waals surface area contributed by atoms with Gasteiger partial charge in [-0.05, 0) is 22.6 Å². The highest BCUT2D eigenvalue weighted by molar-refractivity contribution is 5.79. The number of nitrogens with zero attached hydrogens (tertiary/aromatic N) is 1. The number of fused-ring (bicyclic) bond motifs is 1. The summed E-state index contributed by atoms with van der Waals surface area (Å²) in [5, 5.41) is 3.18. The highest BCUT2D eigenvalue weighted by Gasteiger charge is 2.15. The molecule has 2 nitrogen and oxygen atoms in total. The van der Waals surface area contributed by atoms with E-state index in [9.17, 15) is 0 Å². The molecule has 0 bridgehead atoms.